The first kappa shape index (κ1) is 15.5. The summed E-state index contributed by atoms with van der Waals surface area (Å²) in [5, 5.41) is 8.16. The van der Waals surface area contributed by atoms with E-state index >= 15 is 0 Å². The number of hydrazone groups is 1. The Labute approximate surface area is 150 Å². The summed E-state index contributed by atoms with van der Waals surface area (Å²) in [5.74, 6) is 1.63. The van der Waals surface area contributed by atoms with E-state index < -0.39 is 0 Å². The molecule has 0 N–H and O–H groups in total. The van der Waals surface area contributed by atoms with Gasteiger partial charge in [-0.25, -0.2) is 10.0 Å². The number of thioether (sulfide) groups is 1. The van der Waals surface area contributed by atoms with E-state index in [0.29, 0.717) is 11.6 Å². The maximum atomic E-state index is 5.87. The Morgan fingerprint density at radius 3 is 2.88 bits per heavy atom. The highest BCUT2D eigenvalue weighted by atomic mass is 35.5. The molecule has 2 aromatic rings. The maximum Gasteiger partial charge on any atom is 0.185 e. The number of aliphatic imine (C=N–C) groups is 1. The number of halogens is 1. The molecule has 2 heterocycles. The van der Waals surface area contributed by atoms with Crippen molar-refractivity contribution in [2.75, 3.05) is 12.4 Å². The molecule has 0 aromatic heterocycles. The zero-order valence-corrected chi connectivity index (χ0v) is 14.5. The average molecular weight is 358 g/mol. The van der Waals surface area contributed by atoms with Crippen LogP contribution in [-0.2, 0) is 0 Å². The molecule has 2 aliphatic rings. The van der Waals surface area contributed by atoms with Gasteiger partial charge in [0.2, 0.25) is 0 Å². The molecule has 122 valence electrons. The lowest BCUT2D eigenvalue weighted by molar-refractivity contribution is 0.343. The molecule has 24 heavy (non-hydrogen) atoms. The highest BCUT2D eigenvalue weighted by molar-refractivity contribution is 8.13. The maximum absolute atomic E-state index is 5.87. The van der Waals surface area contributed by atoms with Gasteiger partial charge in [-0.05, 0) is 30.3 Å². The highest BCUT2D eigenvalue weighted by Gasteiger charge is 2.32. The molecule has 1 unspecified atom stereocenters. The van der Waals surface area contributed by atoms with Gasteiger partial charge in [-0.3, -0.25) is 0 Å². The van der Waals surface area contributed by atoms with Crippen molar-refractivity contribution in [1.82, 2.24) is 5.01 Å². The monoisotopic (exact) mass is 357 g/mol. The molecule has 1 atom stereocenters. The second kappa shape index (κ2) is 6.87. The van der Waals surface area contributed by atoms with E-state index in [0.717, 1.165) is 28.8 Å². The summed E-state index contributed by atoms with van der Waals surface area (Å²) in [6.07, 6.45) is 2.89. The summed E-state index contributed by atoms with van der Waals surface area (Å²) >= 11 is 7.54. The minimum Gasteiger partial charge on any atom is -0.493 e. The summed E-state index contributed by atoms with van der Waals surface area (Å²) in [6, 6.07) is 16.0. The van der Waals surface area contributed by atoms with Crippen LogP contribution in [0.15, 0.2) is 58.6 Å². The van der Waals surface area contributed by atoms with E-state index in [2.05, 4.69) is 23.3 Å². The molecule has 4 rings (SSSR count). The normalized spacial score (nSPS) is 18.1. The Kier molecular flexibility index (Phi) is 4.45. The van der Waals surface area contributed by atoms with Crippen molar-refractivity contribution in [2.24, 2.45) is 10.1 Å². The molecule has 0 amide bonds. The molecule has 0 aliphatic carbocycles. The lowest BCUT2D eigenvalue weighted by Gasteiger charge is -2.29. The second-order valence-electron chi connectivity index (χ2n) is 5.50. The van der Waals surface area contributed by atoms with Crippen molar-refractivity contribution in [3.05, 3.63) is 59.1 Å². The van der Waals surface area contributed by atoms with Gasteiger partial charge in [-0.15, -0.1) is 0 Å². The summed E-state index contributed by atoms with van der Waals surface area (Å²) in [4.78, 5) is 4.76. The number of ether oxygens (including phenoxy) is 1. The quantitative estimate of drug-likeness (QED) is 0.731. The van der Waals surface area contributed by atoms with Gasteiger partial charge in [0, 0.05) is 29.0 Å². The number of fused-ring (bicyclic) bond motifs is 3. The summed E-state index contributed by atoms with van der Waals surface area (Å²) in [6.45, 7) is 0.606. The Morgan fingerprint density at radius 2 is 2.00 bits per heavy atom. The average Bonchev–Trinajstić information content (AvgIpc) is 3.10. The number of rotatable bonds is 4. The van der Waals surface area contributed by atoms with Crippen LogP contribution in [-0.4, -0.2) is 28.8 Å². The van der Waals surface area contributed by atoms with E-state index in [-0.39, 0.29) is 6.04 Å². The van der Waals surface area contributed by atoms with Crippen molar-refractivity contribution < 1.29 is 4.74 Å². The summed E-state index contributed by atoms with van der Waals surface area (Å²) in [5.41, 5.74) is 2.29. The number of benzene rings is 2. The van der Waals surface area contributed by atoms with E-state index in [1.807, 2.05) is 41.6 Å². The fraction of sp³-hybridized carbons (Fsp3) is 0.222. The first-order valence-corrected chi connectivity index (χ1v) is 9.18. The van der Waals surface area contributed by atoms with Crippen molar-refractivity contribution in [3.63, 3.8) is 0 Å². The number of hydrogen-bond donors (Lipinski definition) is 0. The fourth-order valence-electron chi connectivity index (χ4n) is 2.80. The van der Waals surface area contributed by atoms with Crippen LogP contribution in [0, 0.1) is 0 Å². The van der Waals surface area contributed by atoms with Gasteiger partial charge in [0.1, 0.15) is 5.75 Å². The number of nitrogens with zero attached hydrogens (tertiary/aromatic N) is 3. The molecule has 0 bridgehead atoms. The zero-order chi connectivity index (χ0) is 16.4. The Bertz CT molecular complexity index is 791. The summed E-state index contributed by atoms with van der Waals surface area (Å²) < 4.78 is 5.74. The molecular weight excluding hydrogens is 342 g/mol. The minimum atomic E-state index is 0.276. The van der Waals surface area contributed by atoms with Gasteiger partial charge in [-0.2, -0.15) is 5.10 Å². The van der Waals surface area contributed by atoms with Crippen molar-refractivity contribution in [2.45, 2.75) is 12.5 Å². The molecular formula is C18H16ClN3OS. The van der Waals surface area contributed by atoms with Crippen LogP contribution in [0.4, 0.5) is 5.69 Å². The third kappa shape index (κ3) is 3.14. The van der Waals surface area contributed by atoms with Crippen LogP contribution in [0.3, 0.4) is 0 Å². The second-order valence-corrected chi connectivity index (χ2v) is 7.00. The summed E-state index contributed by atoms with van der Waals surface area (Å²) in [7, 11) is 0. The molecule has 2 aromatic carbocycles. The topological polar surface area (TPSA) is 37.2 Å². The molecule has 0 saturated carbocycles. The lowest BCUT2D eigenvalue weighted by atomic mass is 10.0. The molecule has 4 nitrogen and oxygen atoms in total. The van der Waals surface area contributed by atoms with E-state index in [1.165, 1.54) is 5.56 Å². The smallest absolute Gasteiger partial charge is 0.185 e. The molecule has 2 aliphatic heterocycles. The predicted molar refractivity (Wildman–Crippen MR) is 101 cm³/mol. The van der Waals surface area contributed by atoms with Crippen LogP contribution in [0.2, 0.25) is 5.02 Å². The van der Waals surface area contributed by atoms with E-state index in [9.17, 15) is 0 Å². The van der Waals surface area contributed by atoms with Crippen LogP contribution >= 0.6 is 23.4 Å². The first-order valence-electron chi connectivity index (χ1n) is 7.82. The fourth-order valence-corrected chi connectivity index (χ4v) is 3.75. The largest absolute Gasteiger partial charge is 0.493 e. The van der Waals surface area contributed by atoms with Crippen LogP contribution in [0.25, 0.3) is 0 Å². The third-order valence-corrected chi connectivity index (χ3v) is 5.09. The van der Waals surface area contributed by atoms with Crippen molar-refractivity contribution >= 4 is 40.4 Å². The third-order valence-electron chi connectivity index (χ3n) is 3.93. The zero-order valence-electron chi connectivity index (χ0n) is 12.9. The highest BCUT2D eigenvalue weighted by Crippen LogP contribution is 2.40. The van der Waals surface area contributed by atoms with E-state index in [1.54, 1.807) is 11.8 Å². The van der Waals surface area contributed by atoms with E-state index in [4.69, 9.17) is 21.3 Å². The Hall–Kier alpha value is -1.98. The van der Waals surface area contributed by atoms with Crippen LogP contribution in [0.5, 0.6) is 5.75 Å². The van der Waals surface area contributed by atoms with Gasteiger partial charge >= 0.3 is 0 Å². The Balaban J connectivity index is 1.40. The molecule has 0 radical (unpaired) electrons. The van der Waals surface area contributed by atoms with Crippen LogP contribution in [0.1, 0.15) is 18.0 Å². The van der Waals surface area contributed by atoms with Crippen molar-refractivity contribution in [1.29, 1.82) is 0 Å². The standard InChI is InChI=1S/C18H16ClN3OS/c19-13-5-7-14(8-6-13)23-11-12-24-18-21-16-4-2-1-3-15(16)17-9-10-20-22(17)18/h1-8,10,17H,9,11-12H2. The van der Waals surface area contributed by atoms with Gasteiger partial charge in [0.05, 0.1) is 18.3 Å². The van der Waals surface area contributed by atoms with Gasteiger partial charge in [-0.1, -0.05) is 41.6 Å². The number of hydrogen-bond acceptors (Lipinski definition) is 5. The molecule has 6 heteroatoms. The molecule has 0 spiro atoms. The Morgan fingerprint density at radius 1 is 1.17 bits per heavy atom. The van der Waals surface area contributed by atoms with Gasteiger partial charge < -0.3 is 4.74 Å². The lowest BCUT2D eigenvalue weighted by Crippen LogP contribution is -2.28. The number of para-hydroxylation sites is 1. The van der Waals surface area contributed by atoms with Gasteiger partial charge in [0.25, 0.3) is 0 Å². The SMILES string of the molecule is Clc1ccc(OCCSC2=Nc3ccccc3C3CC=NN23)cc1. The minimum absolute atomic E-state index is 0.276. The van der Waals surface area contributed by atoms with Gasteiger partial charge in [0.15, 0.2) is 5.17 Å². The molecule has 0 fully saturated rings. The molecule has 0 saturated heterocycles. The van der Waals surface area contributed by atoms with Crippen LogP contribution < -0.4 is 4.74 Å². The van der Waals surface area contributed by atoms with Crippen molar-refractivity contribution in [3.8, 4) is 5.75 Å². The number of amidine groups is 1. The first-order chi connectivity index (χ1) is 11.8. The predicted octanol–water partition coefficient (Wildman–Crippen LogP) is 4.89.